The Kier molecular flexibility index (Phi) is 6.65. The Morgan fingerprint density at radius 2 is 1.82 bits per heavy atom. The lowest BCUT2D eigenvalue weighted by Gasteiger charge is -2.40. The zero-order valence-electron chi connectivity index (χ0n) is 17.6. The number of halogens is 1. The Hall–Kier alpha value is -2.02. The van der Waals surface area contributed by atoms with E-state index in [9.17, 15) is 4.39 Å². The van der Waals surface area contributed by atoms with Gasteiger partial charge in [-0.3, -0.25) is 4.90 Å². The van der Waals surface area contributed by atoms with E-state index in [-0.39, 0.29) is 17.4 Å². The van der Waals surface area contributed by atoms with Gasteiger partial charge in [0.25, 0.3) is 0 Å². The quantitative estimate of drug-likeness (QED) is 0.684. The molecule has 28 heavy (non-hydrogen) atoms. The number of unbranched alkanes of at least 4 members (excludes halogenated alkanes) is 1. The molecule has 0 amide bonds. The number of piperazine rings is 1. The summed E-state index contributed by atoms with van der Waals surface area (Å²) in [5, 5.41) is 12.8. The van der Waals surface area contributed by atoms with E-state index in [1.807, 2.05) is 16.8 Å². The van der Waals surface area contributed by atoms with Crippen LogP contribution in [0.15, 0.2) is 24.3 Å². The third kappa shape index (κ3) is 4.35. The molecule has 0 radical (unpaired) electrons. The molecular weight excluding hydrogens is 355 g/mol. The van der Waals surface area contributed by atoms with Crippen LogP contribution in [0.2, 0.25) is 0 Å². The minimum absolute atomic E-state index is 0.113. The molecule has 1 saturated heterocycles. The zero-order valence-corrected chi connectivity index (χ0v) is 17.6. The standard InChI is InChI=1S/C21H33FN6/c1-5-7-11-19(20-23-24-25-28(20)21(3,4)6-2)27-15-13-26(14-16-27)18-12-9-8-10-17(18)22/h8-10,12,19H,5-7,11,13-16H2,1-4H3/t19-/m0/s1. The Labute approximate surface area is 167 Å². The topological polar surface area (TPSA) is 50.1 Å². The van der Waals surface area contributed by atoms with Gasteiger partial charge in [0, 0.05) is 26.2 Å². The average Bonchev–Trinajstić information content (AvgIpc) is 3.20. The SMILES string of the molecule is CCCC[C@@H](c1nnnn1C(C)(C)CC)N1CCN(c2ccccc2F)CC1. The molecule has 1 aromatic heterocycles. The van der Waals surface area contributed by atoms with E-state index in [2.05, 4.69) is 53.0 Å². The van der Waals surface area contributed by atoms with E-state index in [4.69, 9.17) is 0 Å². The molecule has 0 unspecified atom stereocenters. The van der Waals surface area contributed by atoms with Gasteiger partial charge in [0.2, 0.25) is 0 Å². The first-order chi connectivity index (χ1) is 13.5. The number of aromatic nitrogens is 4. The van der Waals surface area contributed by atoms with Crippen LogP contribution in [0.1, 0.15) is 65.2 Å². The van der Waals surface area contributed by atoms with Crippen molar-refractivity contribution >= 4 is 5.69 Å². The molecule has 6 nitrogen and oxygen atoms in total. The van der Waals surface area contributed by atoms with Crippen LogP contribution in [0, 0.1) is 5.82 Å². The van der Waals surface area contributed by atoms with Crippen molar-refractivity contribution in [3.63, 3.8) is 0 Å². The number of hydrogen-bond donors (Lipinski definition) is 0. The third-order valence-electron chi connectivity index (χ3n) is 6.01. The fourth-order valence-electron chi connectivity index (χ4n) is 3.84. The van der Waals surface area contributed by atoms with E-state index < -0.39 is 0 Å². The molecule has 3 rings (SSSR count). The van der Waals surface area contributed by atoms with Gasteiger partial charge in [-0.1, -0.05) is 38.8 Å². The second-order valence-corrected chi connectivity index (χ2v) is 8.25. The van der Waals surface area contributed by atoms with Crippen molar-refractivity contribution in [3.8, 4) is 0 Å². The van der Waals surface area contributed by atoms with Crippen LogP contribution < -0.4 is 4.90 Å². The highest BCUT2D eigenvalue weighted by Gasteiger charge is 2.32. The van der Waals surface area contributed by atoms with Gasteiger partial charge in [-0.25, -0.2) is 9.07 Å². The predicted octanol–water partition coefficient (Wildman–Crippen LogP) is 4.01. The second kappa shape index (κ2) is 8.99. The molecule has 1 atom stereocenters. The molecule has 0 spiro atoms. The van der Waals surface area contributed by atoms with Gasteiger partial charge >= 0.3 is 0 Å². The second-order valence-electron chi connectivity index (χ2n) is 8.25. The first-order valence-corrected chi connectivity index (χ1v) is 10.5. The number of para-hydroxylation sites is 1. The lowest BCUT2D eigenvalue weighted by molar-refractivity contribution is 0.152. The number of tetrazole rings is 1. The largest absolute Gasteiger partial charge is 0.367 e. The Balaban J connectivity index is 1.77. The summed E-state index contributed by atoms with van der Waals surface area (Å²) in [4.78, 5) is 4.61. The number of rotatable bonds is 8. The minimum Gasteiger partial charge on any atom is -0.367 e. The number of anilines is 1. The molecule has 2 heterocycles. The van der Waals surface area contributed by atoms with Crippen molar-refractivity contribution in [2.75, 3.05) is 31.1 Å². The Morgan fingerprint density at radius 3 is 2.46 bits per heavy atom. The number of benzene rings is 1. The molecule has 0 bridgehead atoms. The van der Waals surface area contributed by atoms with Crippen LogP contribution >= 0.6 is 0 Å². The van der Waals surface area contributed by atoms with E-state index in [1.165, 1.54) is 6.07 Å². The smallest absolute Gasteiger partial charge is 0.168 e. The van der Waals surface area contributed by atoms with Gasteiger partial charge in [0.1, 0.15) is 5.82 Å². The molecule has 0 N–H and O–H groups in total. The predicted molar refractivity (Wildman–Crippen MR) is 110 cm³/mol. The molecule has 1 aliphatic rings. The molecule has 2 aromatic rings. The highest BCUT2D eigenvalue weighted by molar-refractivity contribution is 5.48. The van der Waals surface area contributed by atoms with Gasteiger partial charge in [0.05, 0.1) is 17.3 Å². The zero-order chi connectivity index (χ0) is 20.1. The van der Waals surface area contributed by atoms with Gasteiger partial charge < -0.3 is 4.90 Å². The fourth-order valence-corrected chi connectivity index (χ4v) is 3.84. The van der Waals surface area contributed by atoms with E-state index >= 15 is 0 Å². The average molecular weight is 389 g/mol. The maximum absolute atomic E-state index is 14.2. The first kappa shape index (κ1) is 20.7. The lowest BCUT2D eigenvalue weighted by Crippen LogP contribution is -2.48. The van der Waals surface area contributed by atoms with Crippen molar-refractivity contribution in [2.45, 2.75) is 65.0 Å². The third-order valence-corrected chi connectivity index (χ3v) is 6.01. The van der Waals surface area contributed by atoms with Crippen molar-refractivity contribution in [2.24, 2.45) is 0 Å². The van der Waals surface area contributed by atoms with Gasteiger partial charge in [-0.15, -0.1) is 5.10 Å². The van der Waals surface area contributed by atoms with Crippen molar-refractivity contribution in [1.29, 1.82) is 0 Å². The van der Waals surface area contributed by atoms with Crippen LogP contribution in [-0.4, -0.2) is 51.3 Å². The lowest BCUT2D eigenvalue weighted by atomic mass is 10.00. The molecule has 154 valence electrons. The van der Waals surface area contributed by atoms with E-state index in [0.717, 1.165) is 57.7 Å². The minimum atomic E-state index is -0.146. The summed E-state index contributed by atoms with van der Waals surface area (Å²) in [6, 6.07) is 7.24. The Morgan fingerprint density at radius 1 is 1.11 bits per heavy atom. The summed E-state index contributed by atoms with van der Waals surface area (Å²) in [6.45, 7) is 12.1. The summed E-state index contributed by atoms with van der Waals surface area (Å²) >= 11 is 0. The summed E-state index contributed by atoms with van der Waals surface area (Å²) in [7, 11) is 0. The number of nitrogens with zero attached hydrogens (tertiary/aromatic N) is 6. The van der Waals surface area contributed by atoms with Crippen LogP contribution in [0.3, 0.4) is 0 Å². The normalized spacial score (nSPS) is 17.1. The molecule has 0 saturated carbocycles. The monoisotopic (exact) mass is 388 g/mol. The van der Waals surface area contributed by atoms with Gasteiger partial charge in [-0.05, 0) is 49.2 Å². The highest BCUT2D eigenvalue weighted by Crippen LogP contribution is 2.31. The van der Waals surface area contributed by atoms with Crippen LogP contribution in [0.25, 0.3) is 0 Å². The van der Waals surface area contributed by atoms with Crippen molar-refractivity contribution < 1.29 is 4.39 Å². The van der Waals surface area contributed by atoms with E-state index in [0.29, 0.717) is 5.69 Å². The van der Waals surface area contributed by atoms with Crippen molar-refractivity contribution in [3.05, 3.63) is 35.9 Å². The van der Waals surface area contributed by atoms with Crippen LogP contribution in [0.5, 0.6) is 0 Å². The fraction of sp³-hybridized carbons (Fsp3) is 0.667. The summed E-state index contributed by atoms with van der Waals surface area (Å²) in [6.07, 6.45) is 4.28. The number of hydrogen-bond acceptors (Lipinski definition) is 5. The molecule has 1 aromatic carbocycles. The molecular formula is C21H33FN6. The summed E-state index contributed by atoms with van der Waals surface area (Å²) < 4.78 is 16.2. The Bertz CT molecular complexity index is 751. The maximum Gasteiger partial charge on any atom is 0.168 e. The van der Waals surface area contributed by atoms with Gasteiger partial charge in [-0.2, -0.15) is 0 Å². The highest BCUT2D eigenvalue weighted by atomic mass is 19.1. The van der Waals surface area contributed by atoms with Crippen LogP contribution in [0.4, 0.5) is 10.1 Å². The molecule has 1 fully saturated rings. The molecule has 1 aliphatic heterocycles. The summed E-state index contributed by atoms with van der Waals surface area (Å²) in [5.41, 5.74) is 0.586. The molecule has 7 heteroatoms. The van der Waals surface area contributed by atoms with Gasteiger partial charge in [0.15, 0.2) is 5.82 Å². The van der Waals surface area contributed by atoms with Crippen LogP contribution in [-0.2, 0) is 5.54 Å². The maximum atomic E-state index is 14.2. The van der Waals surface area contributed by atoms with Crippen molar-refractivity contribution in [1.82, 2.24) is 25.1 Å². The summed E-state index contributed by atoms with van der Waals surface area (Å²) in [5.74, 6) is 0.812. The van der Waals surface area contributed by atoms with E-state index in [1.54, 1.807) is 6.07 Å². The molecule has 0 aliphatic carbocycles. The first-order valence-electron chi connectivity index (χ1n) is 10.5.